The number of nitrogens with zero attached hydrogens (tertiary/aromatic N) is 3. The number of hydrogen-bond acceptors (Lipinski definition) is 4. The van der Waals surface area contributed by atoms with Gasteiger partial charge in [-0.05, 0) is 63.4 Å². The Kier molecular flexibility index (Phi) is 10.8. The summed E-state index contributed by atoms with van der Waals surface area (Å²) in [4.78, 5) is 28.4. The Morgan fingerprint density at radius 1 is 1.03 bits per heavy atom. The molecule has 0 saturated carbocycles. The predicted octanol–water partition coefficient (Wildman–Crippen LogP) is 4.56. The van der Waals surface area contributed by atoms with E-state index in [2.05, 4.69) is 5.32 Å². The SMILES string of the molecule is CC[C@@H](C(=O)NC(C)C)N(Cc1c(Cl)cccc1Cl)C(=O)CN(c1cc(C)ccc1C)S(=O)(=O)N(C)C. The third-order valence-electron chi connectivity index (χ3n) is 5.86. The number of benzene rings is 2. The molecule has 0 aromatic heterocycles. The van der Waals surface area contributed by atoms with Gasteiger partial charge in [0.25, 0.3) is 0 Å². The van der Waals surface area contributed by atoms with Crippen molar-refractivity contribution in [3.8, 4) is 0 Å². The van der Waals surface area contributed by atoms with Crippen LogP contribution in [-0.2, 0) is 26.3 Å². The molecular formula is C26H36Cl2N4O4S. The zero-order valence-electron chi connectivity index (χ0n) is 22.4. The molecule has 2 rings (SSSR count). The van der Waals surface area contributed by atoms with Crippen LogP contribution in [0.15, 0.2) is 36.4 Å². The van der Waals surface area contributed by atoms with Gasteiger partial charge >= 0.3 is 10.2 Å². The molecule has 11 heteroatoms. The van der Waals surface area contributed by atoms with Gasteiger partial charge in [-0.3, -0.25) is 9.59 Å². The average Bonchev–Trinajstić information content (AvgIpc) is 2.80. The molecule has 0 bridgehead atoms. The number of carbonyl (C=O) groups is 2. The lowest BCUT2D eigenvalue weighted by Gasteiger charge is -2.35. The Hall–Kier alpha value is -2.33. The molecular weight excluding hydrogens is 535 g/mol. The Balaban J connectivity index is 2.62. The van der Waals surface area contributed by atoms with E-state index in [4.69, 9.17) is 23.2 Å². The van der Waals surface area contributed by atoms with Gasteiger partial charge in [0.2, 0.25) is 11.8 Å². The minimum atomic E-state index is -4.05. The third-order valence-corrected chi connectivity index (χ3v) is 8.37. The fraction of sp³-hybridized carbons (Fsp3) is 0.462. The highest BCUT2D eigenvalue weighted by Gasteiger charge is 2.35. The lowest BCUT2D eigenvalue weighted by atomic mass is 10.1. The number of nitrogens with one attached hydrogen (secondary N) is 1. The van der Waals surface area contributed by atoms with Crippen molar-refractivity contribution >= 4 is 50.9 Å². The van der Waals surface area contributed by atoms with E-state index in [0.717, 1.165) is 14.2 Å². The van der Waals surface area contributed by atoms with Crippen LogP contribution in [0, 0.1) is 13.8 Å². The van der Waals surface area contributed by atoms with E-state index in [0.29, 0.717) is 33.3 Å². The van der Waals surface area contributed by atoms with E-state index in [9.17, 15) is 18.0 Å². The van der Waals surface area contributed by atoms with Gasteiger partial charge in [-0.25, -0.2) is 4.31 Å². The van der Waals surface area contributed by atoms with Crippen LogP contribution in [0.4, 0.5) is 5.69 Å². The molecule has 37 heavy (non-hydrogen) atoms. The van der Waals surface area contributed by atoms with E-state index in [1.54, 1.807) is 44.2 Å². The summed E-state index contributed by atoms with van der Waals surface area (Å²) in [5, 5.41) is 3.54. The first kappa shape index (κ1) is 30.9. The van der Waals surface area contributed by atoms with E-state index in [1.807, 2.05) is 26.8 Å². The molecule has 2 aromatic carbocycles. The normalized spacial score (nSPS) is 12.5. The molecule has 0 aliphatic carbocycles. The summed E-state index contributed by atoms with van der Waals surface area (Å²) in [6.45, 7) is 8.49. The van der Waals surface area contributed by atoms with Gasteiger partial charge in [-0.1, -0.05) is 48.3 Å². The van der Waals surface area contributed by atoms with Crippen LogP contribution in [0.1, 0.15) is 43.9 Å². The van der Waals surface area contributed by atoms with Crippen molar-refractivity contribution in [2.24, 2.45) is 0 Å². The molecule has 1 atom stereocenters. The maximum absolute atomic E-state index is 13.9. The molecule has 2 amide bonds. The second-order valence-electron chi connectivity index (χ2n) is 9.40. The summed E-state index contributed by atoms with van der Waals surface area (Å²) in [5.74, 6) is -0.907. The first-order valence-electron chi connectivity index (χ1n) is 12.0. The van der Waals surface area contributed by atoms with Crippen molar-refractivity contribution in [2.75, 3.05) is 24.9 Å². The van der Waals surface area contributed by atoms with Crippen molar-refractivity contribution in [1.82, 2.24) is 14.5 Å². The summed E-state index contributed by atoms with van der Waals surface area (Å²) in [7, 11) is -1.24. The minimum Gasteiger partial charge on any atom is -0.352 e. The molecule has 0 unspecified atom stereocenters. The van der Waals surface area contributed by atoms with E-state index >= 15 is 0 Å². The zero-order valence-corrected chi connectivity index (χ0v) is 24.7. The number of rotatable bonds is 11. The van der Waals surface area contributed by atoms with Gasteiger partial charge in [-0.2, -0.15) is 12.7 Å². The topological polar surface area (TPSA) is 90.0 Å². The van der Waals surface area contributed by atoms with Crippen molar-refractivity contribution in [1.29, 1.82) is 0 Å². The molecule has 0 heterocycles. The van der Waals surface area contributed by atoms with Crippen LogP contribution in [0.3, 0.4) is 0 Å². The van der Waals surface area contributed by atoms with E-state index in [-0.39, 0.29) is 18.5 Å². The Bertz CT molecular complexity index is 1210. The quantitative estimate of drug-likeness (QED) is 0.429. The van der Waals surface area contributed by atoms with Crippen LogP contribution in [0.2, 0.25) is 10.0 Å². The maximum atomic E-state index is 13.9. The first-order valence-corrected chi connectivity index (χ1v) is 14.2. The predicted molar refractivity (Wildman–Crippen MR) is 150 cm³/mol. The highest BCUT2D eigenvalue weighted by molar-refractivity contribution is 7.90. The molecule has 0 aliphatic rings. The molecule has 0 fully saturated rings. The molecule has 8 nitrogen and oxygen atoms in total. The van der Waals surface area contributed by atoms with Gasteiger partial charge in [0.15, 0.2) is 0 Å². The molecule has 0 aliphatic heterocycles. The highest BCUT2D eigenvalue weighted by Crippen LogP contribution is 2.29. The monoisotopic (exact) mass is 570 g/mol. The largest absolute Gasteiger partial charge is 0.352 e. The Morgan fingerprint density at radius 2 is 1.62 bits per heavy atom. The first-order chi connectivity index (χ1) is 17.2. The molecule has 0 spiro atoms. The number of halogens is 2. The smallest absolute Gasteiger partial charge is 0.304 e. The summed E-state index contributed by atoms with van der Waals surface area (Å²) in [6, 6.07) is 9.37. The fourth-order valence-corrected chi connectivity index (χ4v) is 5.47. The van der Waals surface area contributed by atoms with Crippen molar-refractivity contribution in [2.45, 2.75) is 59.7 Å². The van der Waals surface area contributed by atoms with Crippen LogP contribution in [0.25, 0.3) is 0 Å². The van der Waals surface area contributed by atoms with Crippen LogP contribution >= 0.6 is 23.2 Å². The molecule has 204 valence electrons. The Morgan fingerprint density at radius 3 is 2.14 bits per heavy atom. The lowest BCUT2D eigenvalue weighted by Crippen LogP contribution is -2.54. The number of carbonyl (C=O) groups excluding carboxylic acids is 2. The van der Waals surface area contributed by atoms with Gasteiger partial charge in [0.05, 0.1) is 5.69 Å². The van der Waals surface area contributed by atoms with Crippen molar-refractivity contribution < 1.29 is 18.0 Å². The zero-order chi connectivity index (χ0) is 28.1. The maximum Gasteiger partial charge on any atom is 0.304 e. The van der Waals surface area contributed by atoms with Gasteiger partial charge < -0.3 is 10.2 Å². The van der Waals surface area contributed by atoms with E-state index < -0.39 is 28.7 Å². The molecule has 1 N–H and O–H groups in total. The second-order valence-corrected chi connectivity index (χ2v) is 12.3. The second kappa shape index (κ2) is 13.0. The van der Waals surface area contributed by atoms with Crippen LogP contribution < -0.4 is 9.62 Å². The van der Waals surface area contributed by atoms with Gasteiger partial charge in [0.1, 0.15) is 12.6 Å². The van der Waals surface area contributed by atoms with Gasteiger partial charge in [-0.15, -0.1) is 0 Å². The summed E-state index contributed by atoms with van der Waals surface area (Å²) < 4.78 is 28.9. The number of anilines is 1. The standard InChI is InChI=1S/C26H36Cl2N4O4S/c1-8-23(26(34)29-17(2)3)31(15-20-21(27)10-9-11-22(20)28)25(33)16-32(37(35,36)30(6)7)24-14-18(4)12-13-19(24)5/h9-14,17,23H,8,15-16H2,1-7H3,(H,29,34)/t23-/m0/s1. The summed E-state index contributed by atoms with van der Waals surface area (Å²) >= 11 is 12.8. The van der Waals surface area contributed by atoms with Crippen LogP contribution in [0.5, 0.6) is 0 Å². The molecule has 2 aromatic rings. The number of amides is 2. The summed E-state index contributed by atoms with van der Waals surface area (Å²) in [6.07, 6.45) is 0.302. The van der Waals surface area contributed by atoms with Gasteiger partial charge in [0, 0.05) is 42.3 Å². The number of hydrogen-bond donors (Lipinski definition) is 1. The number of aryl methyl sites for hydroxylation is 2. The molecule has 0 radical (unpaired) electrons. The highest BCUT2D eigenvalue weighted by atomic mass is 35.5. The minimum absolute atomic E-state index is 0.0655. The Labute approximate surface area is 230 Å². The third kappa shape index (κ3) is 7.60. The van der Waals surface area contributed by atoms with Crippen LogP contribution in [-0.4, -0.2) is 62.2 Å². The molecule has 0 saturated heterocycles. The van der Waals surface area contributed by atoms with Crippen molar-refractivity contribution in [3.05, 3.63) is 63.1 Å². The summed E-state index contributed by atoms with van der Waals surface area (Å²) in [5.41, 5.74) is 2.39. The lowest BCUT2D eigenvalue weighted by molar-refractivity contribution is -0.140. The van der Waals surface area contributed by atoms with Crippen molar-refractivity contribution in [3.63, 3.8) is 0 Å². The van der Waals surface area contributed by atoms with E-state index in [1.165, 1.54) is 19.0 Å². The average molecular weight is 572 g/mol. The fourth-order valence-electron chi connectivity index (χ4n) is 3.84.